The number of hydrogen-bond acceptors (Lipinski definition) is 2. The molecule has 0 aliphatic carbocycles. The molecule has 0 aliphatic heterocycles. The number of aryl methyl sites for hydroxylation is 1. The summed E-state index contributed by atoms with van der Waals surface area (Å²) in [6.45, 7) is 4.86. The Hall–Kier alpha value is -1.31. The number of unbranched alkanes of at least 4 members (excludes halogenated alkanes) is 10. The van der Waals surface area contributed by atoms with Crippen LogP contribution in [0.25, 0.3) is 0 Å². The lowest BCUT2D eigenvalue weighted by molar-refractivity contribution is -0.145. The minimum Gasteiger partial charge on any atom is -0.461 e. The van der Waals surface area contributed by atoms with Crippen LogP contribution in [0, 0.1) is 0 Å². The number of ether oxygens (including phenoxy) is 1. The smallest absolute Gasteiger partial charge is 0.306 e. The molecule has 0 atom stereocenters. The molecule has 0 spiro atoms. The molecule has 0 saturated heterocycles. The van der Waals surface area contributed by atoms with Crippen LogP contribution in [-0.4, -0.2) is 5.97 Å². The maximum atomic E-state index is 11.9. The standard InChI is InChI=1S/C24H40O2/c1-3-5-6-7-8-9-10-11-12-13-14-19-24(25)26-21-23-18-15-17-22(20-23)16-4-2/h15,17-18,20H,3-14,16,19,21H2,1-2H3. The normalized spacial score (nSPS) is 10.8. The summed E-state index contributed by atoms with van der Waals surface area (Å²) in [5, 5.41) is 0. The minimum absolute atomic E-state index is 0.0539. The van der Waals surface area contributed by atoms with Crippen LogP contribution < -0.4 is 0 Å². The van der Waals surface area contributed by atoms with Gasteiger partial charge in [0.2, 0.25) is 0 Å². The first-order valence-corrected chi connectivity index (χ1v) is 11.0. The van der Waals surface area contributed by atoms with Gasteiger partial charge in [-0.05, 0) is 24.0 Å². The van der Waals surface area contributed by atoms with Gasteiger partial charge in [0, 0.05) is 6.42 Å². The fraction of sp³-hybridized carbons (Fsp3) is 0.708. The first kappa shape index (κ1) is 22.7. The lowest BCUT2D eigenvalue weighted by Crippen LogP contribution is -2.04. The molecule has 1 aromatic carbocycles. The van der Waals surface area contributed by atoms with Crippen molar-refractivity contribution in [2.75, 3.05) is 0 Å². The highest BCUT2D eigenvalue weighted by molar-refractivity contribution is 5.69. The van der Waals surface area contributed by atoms with Gasteiger partial charge in [-0.15, -0.1) is 0 Å². The number of benzene rings is 1. The molecule has 0 aromatic heterocycles. The van der Waals surface area contributed by atoms with Gasteiger partial charge in [-0.3, -0.25) is 4.79 Å². The third-order valence-corrected chi connectivity index (χ3v) is 4.91. The lowest BCUT2D eigenvalue weighted by atomic mass is 10.1. The Balaban J connectivity index is 1.96. The molecule has 148 valence electrons. The number of hydrogen-bond donors (Lipinski definition) is 0. The zero-order chi connectivity index (χ0) is 18.9. The van der Waals surface area contributed by atoms with Crippen molar-refractivity contribution in [3.8, 4) is 0 Å². The average molecular weight is 361 g/mol. The summed E-state index contributed by atoms with van der Waals surface area (Å²) in [4.78, 5) is 11.9. The third-order valence-electron chi connectivity index (χ3n) is 4.91. The second kappa shape index (κ2) is 15.9. The molecule has 1 aromatic rings. The SMILES string of the molecule is CCCCCCCCCCCCCC(=O)OCc1cccc(CCC)c1. The van der Waals surface area contributed by atoms with Crippen molar-refractivity contribution < 1.29 is 9.53 Å². The predicted molar refractivity (Wildman–Crippen MR) is 111 cm³/mol. The summed E-state index contributed by atoms with van der Waals surface area (Å²) in [5.41, 5.74) is 2.43. The van der Waals surface area contributed by atoms with Crippen LogP contribution >= 0.6 is 0 Å². The van der Waals surface area contributed by atoms with E-state index in [4.69, 9.17) is 4.74 Å². The van der Waals surface area contributed by atoms with Crippen molar-refractivity contribution in [1.82, 2.24) is 0 Å². The second-order valence-corrected chi connectivity index (χ2v) is 7.52. The van der Waals surface area contributed by atoms with Crippen LogP contribution in [0.4, 0.5) is 0 Å². The molecule has 0 fully saturated rings. The number of esters is 1. The lowest BCUT2D eigenvalue weighted by Gasteiger charge is -2.07. The first-order valence-electron chi connectivity index (χ1n) is 11.0. The Morgan fingerprint density at radius 2 is 1.35 bits per heavy atom. The van der Waals surface area contributed by atoms with Gasteiger partial charge in [-0.2, -0.15) is 0 Å². The maximum absolute atomic E-state index is 11.9. The van der Waals surface area contributed by atoms with Gasteiger partial charge < -0.3 is 4.74 Å². The van der Waals surface area contributed by atoms with Gasteiger partial charge in [0.05, 0.1) is 0 Å². The maximum Gasteiger partial charge on any atom is 0.306 e. The van der Waals surface area contributed by atoms with Crippen LogP contribution in [0.1, 0.15) is 108 Å². The van der Waals surface area contributed by atoms with E-state index in [1.807, 2.05) is 6.07 Å². The van der Waals surface area contributed by atoms with E-state index in [2.05, 4.69) is 32.0 Å². The van der Waals surface area contributed by atoms with E-state index in [0.717, 1.165) is 31.2 Å². The summed E-state index contributed by atoms with van der Waals surface area (Å²) in [6, 6.07) is 8.38. The molecule has 0 radical (unpaired) electrons. The zero-order valence-electron chi connectivity index (χ0n) is 17.2. The van der Waals surface area contributed by atoms with E-state index in [9.17, 15) is 4.79 Å². The summed E-state index contributed by atoms with van der Waals surface area (Å²) < 4.78 is 5.41. The van der Waals surface area contributed by atoms with Crippen molar-refractivity contribution in [2.45, 2.75) is 110 Å². The van der Waals surface area contributed by atoms with Crippen molar-refractivity contribution in [1.29, 1.82) is 0 Å². The molecule has 0 aliphatic rings. The quantitative estimate of drug-likeness (QED) is 0.227. The van der Waals surface area contributed by atoms with Crippen molar-refractivity contribution in [2.24, 2.45) is 0 Å². The molecule has 2 nitrogen and oxygen atoms in total. The largest absolute Gasteiger partial charge is 0.461 e. The summed E-state index contributed by atoms with van der Waals surface area (Å²) in [7, 11) is 0. The first-order chi connectivity index (χ1) is 12.8. The highest BCUT2D eigenvalue weighted by Crippen LogP contribution is 2.13. The predicted octanol–water partition coefficient (Wildman–Crippen LogP) is 7.38. The van der Waals surface area contributed by atoms with Crippen LogP contribution in [0.3, 0.4) is 0 Å². The Morgan fingerprint density at radius 3 is 1.96 bits per heavy atom. The van der Waals surface area contributed by atoms with Crippen molar-refractivity contribution >= 4 is 5.97 Å². The molecular formula is C24H40O2. The third kappa shape index (κ3) is 12.1. The van der Waals surface area contributed by atoms with Gasteiger partial charge in [0.15, 0.2) is 0 Å². The molecule has 1 rings (SSSR count). The molecule has 0 unspecified atom stereocenters. The van der Waals surface area contributed by atoms with Gasteiger partial charge in [-0.25, -0.2) is 0 Å². The Kier molecular flexibility index (Phi) is 13.9. The molecule has 0 heterocycles. The van der Waals surface area contributed by atoms with Crippen LogP contribution in [-0.2, 0) is 22.6 Å². The van der Waals surface area contributed by atoms with Gasteiger partial charge in [-0.1, -0.05) is 109 Å². The molecule has 26 heavy (non-hydrogen) atoms. The number of rotatable bonds is 16. The molecule has 2 heteroatoms. The van der Waals surface area contributed by atoms with Gasteiger partial charge >= 0.3 is 5.97 Å². The van der Waals surface area contributed by atoms with Crippen molar-refractivity contribution in [3.63, 3.8) is 0 Å². The van der Waals surface area contributed by atoms with E-state index in [1.165, 1.54) is 63.4 Å². The fourth-order valence-corrected chi connectivity index (χ4v) is 3.33. The van der Waals surface area contributed by atoms with Gasteiger partial charge in [0.25, 0.3) is 0 Å². The highest BCUT2D eigenvalue weighted by Gasteiger charge is 2.04. The monoisotopic (exact) mass is 360 g/mol. The molecule has 0 saturated carbocycles. The minimum atomic E-state index is -0.0539. The second-order valence-electron chi connectivity index (χ2n) is 7.52. The van der Waals surface area contributed by atoms with Crippen LogP contribution in [0.2, 0.25) is 0 Å². The van der Waals surface area contributed by atoms with Gasteiger partial charge in [0.1, 0.15) is 6.61 Å². The van der Waals surface area contributed by atoms with E-state index in [1.54, 1.807) is 0 Å². The average Bonchev–Trinajstić information content (AvgIpc) is 2.65. The van der Waals surface area contributed by atoms with Crippen molar-refractivity contribution in [3.05, 3.63) is 35.4 Å². The molecule has 0 N–H and O–H groups in total. The number of carbonyl (C=O) groups is 1. The topological polar surface area (TPSA) is 26.3 Å². The molecule has 0 bridgehead atoms. The Morgan fingerprint density at radius 1 is 0.769 bits per heavy atom. The molecule has 0 amide bonds. The summed E-state index contributed by atoms with van der Waals surface area (Å²) >= 11 is 0. The van der Waals surface area contributed by atoms with E-state index in [0.29, 0.717) is 13.0 Å². The van der Waals surface area contributed by atoms with E-state index in [-0.39, 0.29) is 5.97 Å². The Bertz CT molecular complexity index is 467. The molecular weight excluding hydrogens is 320 g/mol. The van der Waals surface area contributed by atoms with E-state index < -0.39 is 0 Å². The van der Waals surface area contributed by atoms with E-state index >= 15 is 0 Å². The summed E-state index contributed by atoms with van der Waals surface area (Å²) in [6.07, 6.45) is 17.1. The number of carbonyl (C=O) groups excluding carboxylic acids is 1. The fourth-order valence-electron chi connectivity index (χ4n) is 3.33. The Labute approximate surface area is 161 Å². The zero-order valence-corrected chi connectivity index (χ0v) is 17.2. The summed E-state index contributed by atoms with van der Waals surface area (Å²) in [5.74, 6) is -0.0539. The van der Waals surface area contributed by atoms with Crippen LogP contribution in [0.15, 0.2) is 24.3 Å². The highest BCUT2D eigenvalue weighted by atomic mass is 16.5. The van der Waals surface area contributed by atoms with Crippen LogP contribution in [0.5, 0.6) is 0 Å².